The Bertz CT molecular complexity index is 1540. The van der Waals surface area contributed by atoms with Gasteiger partial charge in [0.05, 0.1) is 59.6 Å². The molecule has 2 atom stereocenters. The molecule has 1 aliphatic carbocycles. The van der Waals surface area contributed by atoms with Gasteiger partial charge in [0.15, 0.2) is 0 Å². The largest absolute Gasteiger partial charge is 0.445 e. The van der Waals surface area contributed by atoms with Crippen molar-refractivity contribution in [3.63, 3.8) is 0 Å². The molecule has 2 aromatic carbocycles. The number of carbonyl (C=O) groups is 1. The fraction of sp³-hybridized carbons (Fsp3) is 0.433. The third kappa shape index (κ3) is 5.27. The van der Waals surface area contributed by atoms with Crippen LogP contribution in [0.2, 0.25) is 5.02 Å². The summed E-state index contributed by atoms with van der Waals surface area (Å²) in [5, 5.41) is 13.9. The van der Waals surface area contributed by atoms with E-state index in [2.05, 4.69) is 38.3 Å². The monoisotopic (exact) mass is 575 g/mol. The Hall–Kier alpha value is -3.60. The first-order valence-corrected chi connectivity index (χ1v) is 14.6. The molecule has 214 valence electrons. The number of piperazine rings is 1. The van der Waals surface area contributed by atoms with Crippen LogP contribution >= 0.6 is 11.6 Å². The molecule has 1 amide bonds. The van der Waals surface area contributed by atoms with Crippen molar-refractivity contribution in [1.82, 2.24) is 29.8 Å². The van der Waals surface area contributed by atoms with Crippen LogP contribution in [0.15, 0.2) is 61.1 Å². The minimum absolute atomic E-state index is 0.168. The second-order valence-electron chi connectivity index (χ2n) is 11.6. The Morgan fingerprint density at radius 3 is 2.68 bits per heavy atom. The Balaban J connectivity index is 0.981. The lowest BCUT2D eigenvalue weighted by Gasteiger charge is -2.50. The number of hydrogen-bond donors (Lipinski definition) is 1. The number of hydrogen-bond acceptors (Lipinski definition) is 7. The van der Waals surface area contributed by atoms with Gasteiger partial charge in [0.25, 0.3) is 0 Å². The predicted octanol–water partition coefficient (Wildman–Crippen LogP) is 4.27. The normalized spacial score (nSPS) is 22.0. The zero-order chi connectivity index (χ0) is 28.0. The molecule has 3 fully saturated rings. The average Bonchev–Trinajstić information content (AvgIpc) is 3.38. The van der Waals surface area contributed by atoms with Gasteiger partial charge in [-0.2, -0.15) is 10.2 Å². The lowest BCUT2D eigenvalue weighted by atomic mass is 9.97. The number of rotatable bonds is 8. The highest BCUT2D eigenvalue weighted by Gasteiger charge is 2.41. The van der Waals surface area contributed by atoms with E-state index in [4.69, 9.17) is 21.1 Å². The van der Waals surface area contributed by atoms with Crippen LogP contribution < -0.4 is 10.2 Å². The maximum Gasteiger partial charge on any atom is 0.407 e. The zero-order valence-corrected chi connectivity index (χ0v) is 23.8. The highest BCUT2D eigenvalue weighted by atomic mass is 35.5. The molecular formula is C30H34ClN7O3. The summed E-state index contributed by atoms with van der Waals surface area (Å²) in [5.74, 6) is 0.319. The number of aromatic nitrogens is 4. The summed E-state index contributed by atoms with van der Waals surface area (Å²) in [7, 11) is 0. The van der Waals surface area contributed by atoms with Crippen LogP contribution in [0.25, 0.3) is 16.6 Å². The summed E-state index contributed by atoms with van der Waals surface area (Å²) in [6.45, 7) is 8.54. The van der Waals surface area contributed by atoms with Crippen LogP contribution in [0, 0.1) is 5.92 Å². The summed E-state index contributed by atoms with van der Waals surface area (Å²) >= 11 is 6.76. The first-order valence-electron chi connectivity index (χ1n) is 14.2. The summed E-state index contributed by atoms with van der Waals surface area (Å²) in [6.07, 6.45) is 6.28. The first kappa shape index (κ1) is 26.3. The molecular weight excluding hydrogens is 542 g/mol. The summed E-state index contributed by atoms with van der Waals surface area (Å²) in [4.78, 5) is 17.0. The summed E-state index contributed by atoms with van der Waals surface area (Å²) < 4.78 is 14.7. The first-order chi connectivity index (χ1) is 20.0. The topological polar surface area (TPSA) is 89.7 Å². The maximum atomic E-state index is 12.1. The van der Waals surface area contributed by atoms with E-state index in [-0.39, 0.29) is 18.2 Å². The maximum absolute atomic E-state index is 12.1. The van der Waals surface area contributed by atoms with Crippen LogP contribution in [0.5, 0.6) is 0 Å². The Morgan fingerprint density at radius 2 is 1.93 bits per heavy atom. The minimum Gasteiger partial charge on any atom is -0.445 e. The number of carbonyl (C=O) groups excluding carboxylic acids is 1. The molecule has 0 radical (unpaired) electrons. The molecule has 2 aliphatic heterocycles. The number of nitrogens with one attached hydrogen (secondary N) is 1. The summed E-state index contributed by atoms with van der Waals surface area (Å²) in [6, 6.07) is 14.1. The minimum atomic E-state index is -0.397. The van der Waals surface area contributed by atoms with Crippen LogP contribution in [-0.4, -0.2) is 82.0 Å². The molecule has 2 saturated heterocycles. The molecule has 1 N–H and O–H groups in total. The van der Waals surface area contributed by atoms with Gasteiger partial charge >= 0.3 is 6.09 Å². The van der Waals surface area contributed by atoms with E-state index in [0.29, 0.717) is 12.5 Å². The van der Waals surface area contributed by atoms with Gasteiger partial charge in [0.1, 0.15) is 12.3 Å². The molecule has 3 aliphatic rings. The van der Waals surface area contributed by atoms with E-state index in [1.165, 1.54) is 0 Å². The van der Waals surface area contributed by atoms with E-state index < -0.39 is 6.09 Å². The zero-order valence-electron chi connectivity index (χ0n) is 23.1. The van der Waals surface area contributed by atoms with Gasteiger partial charge in [0.2, 0.25) is 0 Å². The second kappa shape index (κ2) is 10.7. The standard InChI is InChI=1S/C30H34ClN7O3/c1-30(19-40-20-30)36-9-7-35(8-10-36)28-13-27-22(11-25(28)31)15-34-38(27)24-16-33-37(17-24)26-12-23(26)14-32-29(39)41-18-21-5-3-2-4-6-21/h2-6,11,13,15-17,23,26H,7-10,12,14,18-20H2,1H3,(H,32,39). The van der Waals surface area contributed by atoms with Gasteiger partial charge in [-0.15, -0.1) is 0 Å². The number of amides is 1. The van der Waals surface area contributed by atoms with E-state index in [9.17, 15) is 4.79 Å². The molecule has 2 unspecified atom stereocenters. The van der Waals surface area contributed by atoms with Crippen molar-refractivity contribution in [2.45, 2.75) is 31.5 Å². The number of halogens is 1. The van der Waals surface area contributed by atoms with Crippen molar-refractivity contribution in [1.29, 1.82) is 0 Å². The Labute approximate surface area is 243 Å². The van der Waals surface area contributed by atoms with Gasteiger partial charge in [-0.25, -0.2) is 9.48 Å². The van der Waals surface area contributed by atoms with Crippen molar-refractivity contribution in [2.75, 3.05) is 50.8 Å². The predicted molar refractivity (Wildman–Crippen MR) is 157 cm³/mol. The molecule has 7 rings (SSSR count). The van der Waals surface area contributed by atoms with Crippen molar-refractivity contribution in [3.05, 3.63) is 71.6 Å². The van der Waals surface area contributed by atoms with Crippen LogP contribution in [0.3, 0.4) is 0 Å². The molecule has 4 heterocycles. The lowest BCUT2D eigenvalue weighted by Crippen LogP contribution is -2.64. The molecule has 0 bridgehead atoms. The second-order valence-corrected chi connectivity index (χ2v) is 12.0. The molecule has 2 aromatic heterocycles. The lowest BCUT2D eigenvalue weighted by molar-refractivity contribution is -0.131. The van der Waals surface area contributed by atoms with E-state index >= 15 is 0 Å². The SMILES string of the molecule is CC1(N2CCN(c3cc4c(cnn4-c4cnn(C5CC5CNC(=O)OCc5ccccc5)c4)cc3Cl)CC2)COC1. The molecule has 11 heteroatoms. The van der Waals surface area contributed by atoms with Gasteiger partial charge in [-0.1, -0.05) is 41.9 Å². The van der Waals surface area contributed by atoms with E-state index in [1.54, 1.807) is 0 Å². The number of anilines is 1. The van der Waals surface area contributed by atoms with Crippen LogP contribution in [-0.2, 0) is 16.1 Å². The molecule has 1 saturated carbocycles. The Morgan fingerprint density at radius 1 is 1.12 bits per heavy atom. The Kier molecular flexibility index (Phi) is 6.84. The van der Waals surface area contributed by atoms with Gasteiger partial charge in [-0.3, -0.25) is 9.58 Å². The number of nitrogens with zero attached hydrogens (tertiary/aromatic N) is 6. The van der Waals surface area contributed by atoms with E-state index in [0.717, 1.165) is 78.7 Å². The fourth-order valence-electron chi connectivity index (χ4n) is 5.93. The quantitative estimate of drug-likeness (QED) is 0.335. The van der Waals surface area contributed by atoms with Crippen LogP contribution in [0.1, 0.15) is 24.9 Å². The van der Waals surface area contributed by atoms with Crippen molar-refractivity contribution in [2.24, 2.45) is 5.92 Å². The average molecular weight is 576 g/mol. The molecule has 4 aromatic rings. The van der Waals surface area contributed by atoms with Gasteiger partial charge in [-0.05, 0) is 31.0 Å². The highest BCUT2D eigenvalue weighted by Crippen LogP contribution is 2.42. The van der Waals surface area contributed by atoms with Crippen molar-refractivity contribution >= 4 is 34.3 Å². The van der Waals surface area contributed by atoms with Crippen LogP contribution in [0.4, 0.5) is 10.5 Å². The number of fused-ring (bicyclic) bond motifs is 1. The smallest absolute Gasteiger partial charge is 0.407 e. The number of benzene rings is 2. The third-order valence-corrected chi connectivity index (χ3v) is 8.93. The summed E-state index contributed by atoms with van der Waals surface area (Å²) in [5.41, 5.74) is 4.07. The van der Waals surface area contributed by atoms with Crippen molar-refractivity contribution in [3.8, 4) is 5.69 Å². The molecule has 41 heavy (non-hydrogen) atoms. The third-order valence-electron chi connectivity index (χ3n) is 8.63. The number of ether oxygens (including phenoxy) is 2. The van der Waals surface area contributed by atoms with Gasteiger partial charge < -0.3 is 19.7 Å². The molecule has 0 spiro atoms. The number of alkyl carbamates (subject to hydrolysis) is 1. The van der Waals surface area contributed by atoms with Crippen molar-refractivity contribution < 1.29 is 14.3 Å². The highest BCUT2D eigenvalue weighted by molar-refractivity contribution is 6.34. The fourth-order valence-corrected chi connectivity index (χ4v) is 6.22. The van der Waals surface area contributed by atoms with E-state index in [1.807, 2.05) is 64.4 Å². The molecule has 10 nitrogen and oxygen atoms in total. The van der Waals surface area contributed by atoms with Gasteiger partial charge in [0, 0.05) is 44.0 Å².